The van der Waals surface area contributed by atoms with Crippen molar-refractivity contribution >= 4 is 21.7 Å². The van der Waals surface area contributed by atoms with Crippen LogP contribution < -0.4 is 4.90 Å². The summed E-state index contributed by atoms with van der Waals surface area (Å²) in [7, 11) is -3.72. The summed E-state index contributed by atoms with van der Waals surface area (Å²) < 4.78 is 32.7. The second-order valence-electron chi connectivity index (χ2n) is 6.65. The van der Waals surface area contributed by atoms with Crippen molar-refractivity contribution in [3.05, 3.63) is 59.7 Å². The van der Waals surface area contributed by atoms with Crippen LogP contribution in [0.4, 0.5) is 5.69 Å². The number of hydrogen-bond acceptors (Lipinski definition) is 6. The number of benzene rings is 2. The fourth-order valence-corrected chi connectivity index (χ4v) is 4.80. The van der Waals surface area contributed by atoms with Crippen LogP contribution in [0.3, 0.4) is 0 Å². The van der Waals surface area contributed by atoms with Gasteiger partial charge in [0.15, 0.2) is 0 Å². The zero-order valence-electron chi connectivity index (χ0n) is 16.2. The van der Waals surface area contributed by atoms with Gasteiger partial charge in [0, 0.05) is 31.9 Å². The van der Waals surface area contributed by atoms with Crippen molar-refractivity contribution in [1.29, 1.82) is 5.26 Å². The molecule has 8 heteroatoms. The number of carbonyl (C=O) groups excluding carboxylic acids is 1. The lowest BCUT2D eigenvalue weighted by atomic mass is 10.2. The molecule has 3 rings (SSSR count). The van der Waals surface area contributed by atoms with Gasteiger partial charge in [0.1, 0.15) is 0 Å². The second-order valence-corrected chi connectivity index (χ2v) is 8.59. The van der Waals surface area contributed by atoms with Gasteiger partial charge in [-0.2, -0.15) is 9.57 Å². The molecule has 1 fully saturated rings. The van der Waals surface area contributed by atoms with Crippen molar-refractivity contribution in [2.45, 2.75) is 18.2 Å². The minimum atomic E-state index is -3.72. The Morgan fingerprint density at radius 3 is 2.55 bits per heavy atom. The number of hydrogen-bond donors (Lipinski definition) is 0. The van der Waals surface area contributed by atoms with Gasteiger partial charge < -0.3 is 9.64 Å². The third-order valence-corrected chi connectivity index (χ3v) is 6.69. The lowest BCUT2D eigenvalue weighted by Gasteiger charge is -2.23. The van der Waals surface area contributed by atoms with Gasteiger partial charge >= 0.3 is 5.97 Å². The highest BCUT2D eigenvalue weighted by atomic mass is 32.2. The Morgan fingerprint density at radius 1 is 1.10 bits per heavy atom. The van der Waals surface area contributed by atoms with Crippen molar-refractivity contribution in [3.8, 4) is 6.07 Å². The molecule has 1 aliphatic rings. The molecule has 0 atom stereocenters. The van der Waals surface area contributed by atoms with E-state index in [4.69, 9.17) is 10.00 Å². The maximum Gasteiger partial charge on any atom is 0.338 e. The van der Waals surface area contributed by atoms with E-state index in [2.05, 4.69) is 11.0 Å². The molecule has 2 aromatic rings. The van der Waals surface area contributed by atoms with Crippen molar-refractivity contribution < 1.29 is 17.9 Å². The Labute approximate surface area is 171 Å². The predicted octanol–water partition coefficient (Wildman–Crippen LogP) is 2.64. The summed E-state index contributed by atoms with van der Waals surface area (Å²) in [5, 5.41) is 8.93. The van der Waals surface area contributed by atoms with Crippen molar-refractivity contribution in [2.75, 3.05) is 37.7 Å². The van der Waals surface area contributed by atoms with E-state index in [9.17, 15) is 13.2 Å². The van der Waals surface area contributed by atoms with Crippen LogP contribution in [0.25, 0.3) is 0 Å². The summed E-state index contributed by atoms with van der Waals surface area (Å²) in [5.41, 5.74) is 1.78. The van der Waals surface area contributed by atoms with Gasteiger partial charge in [0.05, 0.1) is 28.7 Å². The summed E-state index contributed by atoms with van der Waals surface area (Å²) in [6.07, 6.45) is 0.677. The zero-order chi connectivity index (χ0) is 20.9. The highest BCUT2D eigenvalue weighted by molar-refractivity contribution is 7.89. The molecule has 1 saturated heterocycles. The van der Waals surface area contributed by atoms with E-state index in [0.29, 0.717) is 31.6 Å². The summed E-state index contributed by atoms with van der Waals surface area (Å²) in [6, 6.07) is 15.4. The third-order valence-electron chi connectivity index (χ3n) is 4.80. The van der Waals surface area contributed by atoms with Gasteiger partial charge in [-0.05, 0) is 55.8 Å². The predicted molar refractivity (Wildman–Crippen MR) is 109 cm³/mol. The van der Waals surface area contributed by atoms with Crippen LogP contribution in [-0.2, 0) is 14.8 Å². The monoisotopic (exact) mass is 413 g/mol. The van der Waals surface area contributed by atoms with E-state index in [-0.39, 0.29) is 17.1 Å². The highest BCUT2D eigenvalue weighted by Gasteiger charge is 2.27. The van der Waals surface area contributed by atoms with Crippen molar-refractivity contribution in [1.82, 2.24) is 4.31 Å². The molecule has 0 saturated carbocycles. The summed E-state index contributed by atoms with van der Waals surface area (Å²) >= 11 is 0. The molecule has 1 heterocycles. The first kappa shape index (κ1) is 20.8. The minimum absolute atomic E-state index is 0.0925. The van der Waals surface area contributed by atoms with Crippen molar-refractivity contribution in [2.24, 2.45) is 0 Å². The molecule has 0 N–H and O–H groups in total. The first-order valence-corrected chi connectivity index (χ1v) is 10.9. The zero-order valence-corrected chi connectivity index (χ0v) is 17.1. The summed E-state index contributed by atoms with van der Waals surface area (Å²) in [4.78, 5) is 14.2. The standard InChI is InChI=1S/C21H23N3O4S/c1-2-28-21(25)18-5-3-6-20(15-18)29(26,27)24-12-4-11-23(13-14-24)19-9-7-17(16-22)8-10-19/h3,5-10,15H,2,4,11-14H2,1H3. The second kappa shape index (κ2) is 9.07. The van der Waals surface area contributed by atoms with Crippen molar-refractivity contribution in [3.63, 3.8) is 0 Å². The van der Waals surface area contributed by atoms with Crippen LogP contribution in [0.2, 0.25) is 0 Å². The lowest BCUT2D eigenvalue weighted by molar-refractivity contribution is 0.0526. The molecule has 0 spiro atoms. The quantitative estimate of drug-likeness (QED) is 0.700. The molecule has 0 amide bonds. The van der Waals surface area contributed by atoms with Gasteiger partial charge in [0.25, 0.3) is 0 Å². The normalized spacial score (nSPS) is 15.4. The Hall–Kier alpha value is -2.89. The number of sulfonamides is 1. The molecule has 152 valence electrons. The number of nitrogens with zero attached hydrogens (tertiary/aromatic N) is 3. The number of esters is 1. The van der Waals surface area contributed by atoms with Crippen LogP contribution in [0.15, 0.2) is 53.4 Å². The smallest absolute Gasteiger partial charge is 0.338 e. The Balaban J connectivity index is 1.76. The molecule has 1 aliphatic heterocycles. The van der Waals surface area contributed by atoms with Gasteiger partial charge in [0.2, 0.25) is 10.0 Å². The summed E-state index contributed by atoms with van der Waals surface area (Å²) in [5.74, 6) is -0.535. The number of ether oxygens (including phenoxy) is 1. The number of anilines is 1. The molecule has 29 heavy (non-hydrogen) atoms. The summed E-state index contributed by atoms with van der Waals surface area (Å²) in [6.45, 7) is 3.94. The van der Waals surface area contributed by atoms with Crippen LogP contribution in [0, 0.1) is 11.3 Å². The third kappa shape index (κ3) is 4.75. The van der Waals surface area contributed by atoms with Gasteiger partial charge in [-0.3, -0.25) is 0 Å². The Bertz CT molecular complexity index is 1010. The fourth-order valence-electron chi connectivity index (χ4n) is 3.29. The number of carbonyl (C=O) groups is 1. The molecule has 0 unspecified atom stereocenters. The maximum atomic E-state index is 13.1. The molecule has 0 aliphatic carbocycles. The van der Waals surface area contributed by atoms with E-state index in [0.717, 1.165) is 12.2 Å². The maximum absolute atomic E-state index is 13.1. The van der Waals surface area contributed by atoms with Crippen LogP contribution in [-0.4, -0.2) is 51.5 Å². The SMILES string of the molecule is CCOC(=O)c1cccc(S(=O)(=O)N2CCCN(c3ccc(C#N)cc3)CC2)c1. The molecule has 2 aromatic carbocycles. The first-order valence-electron chi connectivity index (χ1n) is 9.48. The van der Waals surface area contributed by atoms with E-state index in [1.807, 2.05) is 12.1 Å². The molecule has 0 aromatic heterocycles. The van der Waals surface area contributed by atoms with Crippen LogP contribution >= 0.6 is 0 Å². The fraction of sp³-hybridized carbons (Fsp3) is 0.333. The topological polar surface area (TPSA) is 90.7 Å². The van der Waals surface area contributed by atoms with E-state index >= 15 is 0 Å². The van der Waals surface area contributed by atoms with Gasteiger partial charge in [-0.25, -0.2) is 13.2 Å². The molecule has 0 bridgehead atoms. The van der Waals surface area contributed by atoms with Gasteiger partial charge in [-0.1, -0.05) is 6.07 Å². The Kier molecular flexibility index (Phi) is 6.52. The highest BCUT2D eigenvalue weighted by Crippen LogP contribution is 2.22. The van der Waals surface area contributed by atoms with E-state index in [1.165, 1.54) is 16.4 Å². The first-order chi connectivity index (χ1) is 14.0. The molecule has 7 nitrogen and oxygen atoms in total. The molecular formula is C21H23N3O4S. The van der Waals surface area contributed by atoms with Crippen LogP contribution in [0.1, 0.15) is 29.3 Å². The molecule has 0 radical (unpaired) electrons. The number of rotatable bonds is 5. The Morgan fingerprint density at radius 2 is 1.86 bits per heavy atom. The largest absolute Gasteiger partial charge is 0.462 e. The van der Waals surface area contributed by atoms with E-state index < -0.39 is 16.0 Å². The molecular weight excluding hydrogens is 390 g/mol. The van der Waals surface area contributed by atoms with E-state index in [1.54, 1.807) is 31.2 Å². The van der Waals surface area contributed by atoms with Crippen LogP contribution in [0.5, 0.6) is 0 Å². The lowest BCUT2D eigenvalue weighted by Crippen LogP contribution is -2.35. The average Bonchev–Trinajstić information content (AvgIpc) is 3.01. The number of nitriles is 1. The average molecular weight is 413 g/mol. The van der Waals surface area contributed by atoms with Gasteiger partial charge in [-0.15, -0.1) is 0 Å². The minimum Gasteiger partial charge on any atom is -0.462 e.